The van der Waals surface area contributed by atoms with Crippen molar-refractivity contribution in [3.8, 4) is 0 Å². The van der Waals surface area contributed by atoms with Gasteiger partial charge < -0.3 is 5.32 Å². The number of nitrogens with zero attached hydrogens (tertiary/aromatic N) is 3. The summed E-state index contributed by atoms with van der Waals surface area (Å²) in [7, 11) is 0. The molecule has 1 atom stereocenters. The van der Waals surface area contributed by atoms with Crippen molar-refractivity contribution in [3.05, 3.63) is 12.7 Å². The Hall–Kier alpha value is -0.900. The zero-order chi connectivity index (χ0) is 10.2. The van der Waals surface area contributed by atoms with Crippen LogP contribution in [0.1, 0.15) is 33.1 Å². The summed E-state index contributed by atoms with van der Waals surface area (Å²) >= 11 is 0. The zero-order valence-corrected chi connectivity index (χ0v) is 9.11. The quantitative estimate of drug-likeness (QED) is 0.717. The predicted molar refractivity (Wildman–Crippen MR) is 57.0 cm³/mol. The Labute approximate surface area is 85.7 Å². The second-order valence-electron chi connectivity index (χ2n) is 3.46. The molecule has 0 amide bonds. The second kappa shape index (κ2) is 6.54. The van der Waals surface area contributed by atoms with E-state index in [1.54, 1.807) is 12.7 Å². The first-order valence-electron chi connectivity index (χ1n) is 5.42. The topological polar surface area (TPSA) is 42.7 Å². The molecule has 0 aliphatic rings. The number of hydrogen-bond acceptors (Lipinski definition) is 3. The standard InChI is InChI=1S/C10H20N4/c1-3-10(12-4-2)6-5-7-14-9-11-8-13-14/h8-10,12H,3-7H2,1-2H3. The van der Waals surface area contributed by atoms with Crippen LogP contribution in [0.5, 0.6) is 0 Å². The van der Waals surface area contributed by atoms with Crippen LogP contribution in [0, 0.1) is 0 Å². The van der Waals surface area contributed by atoms with E-state index in [4.69, 9.17) is 0 Å². The highest BCUT2D eigenvalue weighted by Crippen LogP contribution is 2.02. The highest BCUT2D eigenvalue weighted by molar-refractivity contribution is 4.64. The van der Waals surface area contributed by atoms with Gasteiger partial charge in [0.25, 0.3) is 0 Å². The van der Waals surface area contributed by atoms with Crippen molar-refractivity contribution in [2.75, 3.05) is 6.54 Å². The van der Waals surface area contributed by atoms with Crippen molar-refractivity contribution in [3.63, 3.8) is 0 Å². The Morgan fingerprint density at radius 3 is 2.86 bits per heavy atom. The van der Waals surface area contributed by atoms with Gasteiger partial charge >= 0.3 is 0 Å². The molecule has 14 heavy (non-hydrogen) atoms. The minimum absolute atomic E-state index is 0.656. The van der Waals surface area contributed by atoms with Crippen LogP contribution in [-0.4, -0.2) is 27.4 Å². The van der Waals surface area contributed by atoms with Gasteiger partial charge in [0.2, 0.25) is 0 Å². The van der Waals surface area contributed by atoms with Gasteiger partial charge in [-0.25, -0.2) is 4.98 Å². The molecule has 0 spiro atoms. The molecule has 1 rings (SSSR count). The molecular formula is C10H20N4. The van der Waals surface area contributed by atoms with E-state index < -0.39 is 0 Å². The lowest BCUT2D eigenvalue weighted by Gasteiger charge is -2.15. The average Bonchev–Trinajstić information content (AvgIpc) is 2.69. The molecule has 0 radical (unpaired) electrons. The van der Waals surface area contributed by atoms with Crippen LogP contribution in [0.25, 0.3) is 0 Å². The van der Waals surface area contributed by atoms with Crippen LogP contribution in [0.3, 0.4) is 0 Å². The molecule has 1 unspecified atom stereocenters. The maximum absolute atomic E-state index is 4.07. The van der Waals surface area contributed by atoms with E-state index in [9.17, 15) is 0 Å². The van der Waals surface area contributed by atoms with E-state index in [0.29, 0.717) is 6.04 Å². The molecule has 1 aromatic rings. The van der Waals surface area contributed by atoms with Crippen LogP contribution in [0.4, 0.5) is 0 Å². The Morgan fingerprint density at radius 2 is 2.29 bits per heavy atom. The number of nitrogens with one attached hydrogen (secondary N) is 1. The number of hydrogen-bond donors (Lipinski definition) is 1. The zero-order valence-electron chi connectivity index (χ0n) is 9.11. The summed E-state index contributed by atoms with van der Waals surface area (Å²) < 4.78 is 1.89. The van der Waals surface area contributed by atoms with E-state index in [-0.39, 0.29) is 0 Å². The minimum atomic E-state index is 0.656. The normalized spacial score (nSPS) is 13.0. The fourth-order valence-electron chi connectivity index (χ4n) is 1.59. The number of rotatable bonds is 7. The Balaban J connectivity index is 2.13. The largest absolute Gasteiger partial charge is 0.314 e. The maximum atomic E-state index is 4.07. The third-order valence-corrected chi connectivity index (χ3v) is 2.39. The molecule has 0 saturated heterocycles. The predicted octanol–water partition coefficient (Wildman–Crippen LogP) is 1.45. The molecule has 0 saturated carbocycles. The molecule has 1 heterocycles. The Morgan fingerprint density at radius 1 is 1.43 bits per heavy atom. The van der Waals surface area contributed by atoms with Gasteiger partial charge in [-0.3, -0.25) is 4.68 Å². The maximum Gasteiger partial charge on any atom is 0.137 e. The van der Waals surface area contributed by atoms with E-state index in [1.165, 1.54) is 12.8 Å². The van der Waals surface area contributed by atoms with Crippen molar-refractivity contribution in [1.82, 2.24) is 20.1 Å². The molecule has 0 aliphatic carbocycles. The van der Waals surface area contributed by atoms with Crippen LogP contribution in [-0.2, 0) is 6.54 Å². The fourth-order valence-corrected chi connectivity index (χ4v) is 1.59. The number of aryl methyl sites for hydroxylation is 1. The van der Waals surface area contributed by atoms with Crippen LogP contribution < -0.4 is 5.32 Å². The molecular weight excluding hydrogens is 176 g/mol. The third-order valence-electron chi connectivity index (χ3n) is 2.39. The van der Waals surface area contributed by atoms with Crippen molar-refractivity contribution in [1.29, 1.82) is 0 Å². The summed E-state index contributed by atoms with van der Waals surface area (Å²) in [6, 6.07) is 0.656. The molecule has 0 aromatic carbocycles. The lowest BCUT2D eigenvalue weighted by atomic mass is 10.1. The molecule has 80 valence electrons. The molecule has 1 aromatic heterocycles. The van der Waals surface area contributed by atoms with Gasteiger partial charge in [-0.1, -0.05) is 13.8 Å². The molecule has 1 N–H and O–H groups in total. The van der Waals surface area contributed by atoms with Crippen molar-refractivity contribution in [2.45, 2.75) is 45.7 Å². The van der Waals surface area contributed by atoms with Gasteiger partial charge in [0.05, 0.1) is 0 Å². The molecule has 4 nitrogen and oxygen atoms in total. The summed E-state index contributed by atoms with van der Waals surface area (Å²) in [5.41, 5.74) is 0. The fraction of sp³-hybridized carbons (Fsp3) is 0.800. The van der Waals surface area contributed by atoms with E-state index in [2.05, 4.69) is 29.2 Å². The summed E-state index contributed by atoms with van der Waals surface area (Å²) in [6.07, 6.45) is 6.93. The third kappa shape index (κ3) is 3.87. The van der Waals surface area contributed by atoms with Gasteiger partial charge in [0, 0.05) is 12.6 Å². The first-order chi connectivity index (χ1) is 6.86. The molecule has 4 heteroatoms. The van der Waals surface area contributed by atoms with Crippen molar-refractivity contribution < 1.29 is 0 Å². The SMILES string of the molecule is CCNC(CC)CCCn1cncn1. The van der Waals surface area contributed by atoms with Gasteiger partial charge in [-0.15, -0.1) is 0 Å². The first-order valence-corrected chi connectivity index (χ1v) is 5.42. The first kappa shape index (κ1) is 11.2. The molecule has 0 fully saturated rings. The second-order valence-corrected chi connectivity index (χ2v) is 3.46. The summed E-state index contributed by atoms with van der Waals surface area (Å²) in [5, 5.41) is 7.54. The van der Waals surface area contributed by atoms with Crippen LogP contribution >= 0.6 is 0 Å². The van der Waals surface area contributed by atoms with Crippen LogP contribution in [0.15, 0.2) is 12.7 Å². The molecule has 0 bridgehead atoms. The monoisotopic (exact) mass is 196 g/mol. The summed E-state index contributed by atoms with van der Waals surface area (Å²) in [4.78, 5) is 3.91. The Bertz CT molecular complexity index is 220. The highest BCUT2D eigenvalue weighted by Gasteiger charge is 2.03. The average molecular weight is 196 g/mol. The lowest BCUT2D eigenvalue weighted by molar-refractivity contribution is 0.439. The summed E-state index contributed by atoms with van der Waals surface area (Å²) in [6.45, 7) is 6.41. The van der Waals surface area contributed by atoms with Crippen molar-refractivity contribution in [2.24, 2.45) is 0 Å². The lowest BCUT2D eigenvalue weighted by Crippen LogP contribution is -2.28. The van der Waals surface area contributed by atoms with Gasteiger partial charge in [-0.05, 0) is 25.8 Å². The van der Waals surface area contributed by atoms with Gasteiger partial charge in [0.1, 0.15) is 12.7 Å². The smallest absolute Gasteiger partial charge is 0.137 e. The van der Waals surface area contributed by atoms with Crippen molar-refractivity contribution >= 4 is 0 Å². The van der Waals surface area contributed by atoms with Crippen LogP contribution in [0.2, 0.25) is 0 Å². The van der Waals surface area contributed by atoms with Gasteiger partial charge in [0.15, 0.2) is 0 Å². The van der Waals surface area contributed by atoms with E-state index >= 15 is 0 Å². The molecule has 0 aliphatic heterocycles. The van der Waals surface area contributed by atoms with E-state index in [1.807, 2.05) is 4.68 Å². The Kier molecular flexibility index (Phi) is 5.22. The summed E-state index contributed by atoms with van der Waals surface area (Å²) in [5.74, 6) is 0. The van der Waals surface area contributed by atoms with E-state index in [0.717, 1.165) is 19.5 Å². The minimum Gasteiger partial charge on any atom is -0.314 e. The number of aromatic nitrogens is 3. The highest BCUT2D eigenvalue weighted by atomic mass is 15.3. The van der Waals surface area contributed by atoms with Gasteiger partial charge in [-0.2, -0.15) is 5.10 Å².